The topological polar surface area (TPSA) is 55.1 Å². The van der Waals surface area contributed by atoms with E-state index < -0.39 is 5.97 Å². The summed E-state index contributed by atoms with van der Waals surface area (Å²) in [6.45, 7) is 5.25. The predicted octanol–water partition coefficient (Wildman–Crippen LogP) is 3.75. The highest BCUT2D eigenvalue weighted by molar-refractivity contribution is 8.00. The number of rotatable bonds is 4. The molecule has 3 rings (SSSR count). The summed E-state index contributed by atoms with van der Waals surface area (Å²) in [5.74, 6) is 1.73. The van der Waals surface area contributed by atoms with E-state index in [-0.39, 0.29) is 0 Å². The molecular formula is C16H20N2O2S. The van der Waals surface area contributed by atoms with Gasteiger partial charge < -0.3 is 9.67 Å². The third-order valence-corrected chi connectivity index (χ3v) is 5.33. The van der Waals surface area contributed by atoms with Crippen molar-refractivity contribution in [3.63, 3.8) is 0 Å². The summed E-state index contributed by atoms with van der Waals surface area (Å²) in [6, 6.07) is 5.26. The third-order valence-electron chi connectivity index (χ3n) is 3.95. The fraction of sp³-hybridized carbons (Fsp3) is 0.500. The van der Waals surface area contributed by atoms with Crippen molar-refractivity contribution in [2.24, 2.45) is 0 Å². The van der Waals surface area contributed by atoms with E-state index >= 15 is 0 Å². The Kier molecular flexibility index (Phi) is 3.93. The third kappa shape index (κ3) is 2.79. The van der Waals surface area contributed by atoms with E-state index in [0.717, 1.165) is 23.4 Å². The number of nitrogens with zero attached hydrogens (tertiary/aromatic N) is 2. The molecule has 0 radical (unpaired) electrons. The second kappa shape index (κ2) is 5.72. The van der Waals surface area contributed by atoms with Crippen LogP contribution in [-0.2, 0) is 6.54 Å². The van der Waals surface area contributed by atoms with Crippen LogP contribution in [0.2, 0.25) is 0 Å². The number of imidazole rings is 1. The average Bonchev–Trinajstić information content (AvgIpc) is 3.06. The molecule has 1 saturated heterocycles. The zero-order valence-corrected chi connectivity index (χ0v) is 13.2. The Morgan fingerprint density at radius 3 is 2.95 bits per heavy atom. The summed E-state index contributed by atoms with van der Waals surface area (Å²) in [5.41, 5.74) is 2.15. The van der Waals surface area contributed by atoms with Gasteiger partial charge in [-0.2, -0.15) is 11.8 Å². The van der Waals surface area contributed by atoms with Crippen LogP contribution >= 0.6 is 11.8 Å². The summed E-state index contributed by atoms with van der Waals surface area (Å²) < 4.78 is 2.29. The molecule has 0 amide bonds. The number of benzene rings is 1. The van der Waals surface area contributed by atoms with Gasteiger partial charge in [-0.05, 0) is 36.8 Å². The van der Waals surface area contributed by atoms with Crippen LogP contribution in [0.5, 0.6) is 0 Å². The molecule has 1 aromatic carbocycles. The first kappa shape index (κ1) is 14.4. The van der Waals surface area contributed by atoms with Crippen molar-refractivity contribution >= 4 is 28.8 Å². The maximum absolute atomic E-state index is 11.1. The fourth-order valence-electron chi connectivity index (χ4n) is 2.91. The number of carboxylic acids is 1. The molecule has 0 aliphatic carbocycles. The van der Waals surface area contributed by atoms with Crippen LogP contribution < -0.4 is 0 Å². The highest BCUT2D eigenvalue weighted by atomic mass is 32.2. The molecule has 1 aromatic heterocycles. The summed E-state index contributed by atoms with van der Waals surface area (Å²) in [5, 5.41) is 9.77. The number of carbonyl (C=O) groups is 1. The monoisotopic (exact) mass is 304 g/mol. The van der Waals surface area contributed by atoms with Crippen molar-refractivity contribution in [1.82, 2.24) is 9.55 Å². The normalized spacial score (nSPS) is 18.7. The molecule has 0 spiro atoms. The van der Waals surface area contributed by atoms with Gasteiger partial charge in [0, 0.05) is 17.7 Å². The molecule has 4 nitrogen and oxygen atoms in total. The number of carboxylic acid groups (broad SMARTS) is 1. The molecule has 1 aliphatic heterocycles. The molecule has 21 heavy (non-hydrogen) atoms. The quantitative estimate of drug-likeness (QED) is 0.934. The van der Waals surface area contributed by atoms with E-state index in [2.05, 4.69) is 23.4 Å². The molecule has 1 fully saturated rings. The van der Waals surface area contributed by atoms with Crippen LogP contribution in [-0.4, -0.2) is 31.6 Å². The predicted molar refractivity (Wildman–Crippen MR) is 86.3 cm³/mol. The van der Waals surface area contributed by atoms with Gasteiger partial charge in [-0.3, -0.25) is 0 Å². The average molecular weight is 304 g/mol. The van der Waals surface area contributed by atoms with Gasteiger partial charge in [0.15, 0.2) is 0 Å². The highest BCUT2D eigenvalue weighted by Crippen LogP contribution is 2.31. The van der Waals surface area contributed by atoms with Crippen LogP contribution in [0.1, 0.15) is 48.8 Å². The largest absolute Gasteiger partial charge is 0.478 e. The molecule has 1 N–H and O–H groups in total. The fourth-order valence-corrected chi connectivity index (χ4v) is 4.16. The second-order valence-corrected chi connectivity index (χ2v) is 7.29. The summed E-state index contributed by atoms with van der Waals surface area (Å²) in [4.78, 5) is 15.8. The van der Waals surface area contributed by atoms with Crippen molar-refractivity contribution in [3.05, 3.63) is 29.6 Å². The zero-order chi connectivity index (χ0) is 15.0. The van der Waals surface area contributed by atoms with Crippen molar-refractivity contribution in [2.75, 3.05) is 5.75 Å². The lowest BCUT2D eigenvalue weighted by atomic mass is 10.2. The van der Waals surface area contributed by atoms with Crippen molar-refractivity contribution in [1.29, 1.82) is 0 Å². The lowest BCUT2D eigenvalue weighted by molar-refractivity contribution is 0.0697. The molecule has 0 bridgehead atoms. The number of aromatic nitrogens is 2. The summed E-state index contributed by atoms with van der Waals surface area (Å²) in [6.07, 6.45) is 2.55. The Hall–Kier alpha value is -1.49. The summed E-state index contributed by atoms with van der Waals surface area (Å²) >= 11 is 2.03. The Morgan fingerprint density at radius 1 is 1.52 bits per heavy atom. The number of thioether (sulfide) groups is 1. The number of aromatic carboxylic acids is 1. The smallest absolute Gasteiger partial charge is 0.335 e. The lowest BCUT2D eigenvalue weighted by Gasteiger charge is -2.15. The van der Waals surface area contributed by atoms with Crippen LogP contribution in [0.4, 0.5) is 0 Å². The van der Waals surface area contributed by atoms with Crippen LogP contribution in [0.3, 0.4) is 0 Å². The lowest BCUT2D eigenvalue weighted by Crippen LogP contribution is -2.13. The number of hydrogen-bond acceptors (Lipinski definition) is 3. The Morgan fingerprint density at radius 2 is 2.33 bits per heavy atom. The van der Waals surface area contributed by atoms with E-state index in [1.807, 2.05) is 17.8 Å². The van der Waals surface area contributed by atoms with Crippen LogP contribution in [0.25, 0.3) is 11.0 Å². The van der Waals surface area contributed by atoms with Crippen LogP contribution in [0.15, 0.2) is 18.2 Å². The molecule has 1 aliphatic rings. The van der Waals surface area contributed by atoms with Crippen LogP contribution in [0, 0.1) is 0 Å². The van der Waals surface area contributed by atoms with Crippen molar-refractivity contribution in [3.8, 4) is 0 Å². The van der Waals surface area contributed by atoms with Gasteiger partial charge >= 0.3 is 5.97 Å². The van der Waals surface area contributed by atoms with E-state index in [1.165, 1.54) is 18.6 Å². The van der Waals surface area contributed by atoms with Gasteiger partial charge in [0.25, 0.3) is 0 Å². The SMILES string of the molecule is CC(C)c1nc2cc(C(=O)O)ccc2n1CC1CCCS1. The van der Waals surface area contributed by atoms with E-state index in [9.17, 15) is 4.79 Å². The van der Waals surface area contributed by atoms with Crippen molar-refractivity contribution in [2.45, 2.75) is 44.4 Å². The molecule has 0 saturated carbocycles. The molecule has 2 aromatic rings. The summed E-state index contributed by atoms with van der Waals surface area (Å²) in [7, 11) is 0. The van der Waals surface area contributed by atoms with E-state index in [4.69, 9.17) is 5.11 Å². The Labute approximate surface area is 128 Å². The van der Waals surface area contributed by atoms with Gasteiger partial charge in [-0.25, -0.2) is 9.78 Å². The molecule has 1 unspecified atom stereocenters. The minimum Gasteiger partial charge on any atom is -0.478 e. The first-order valence-corrected chi connectivity index (χ1v) is 8.46. The van der Waals surface area contributed by atoms with Gasteiger partial charge in [0.05, 0.1) is 16.6 Å². The van der Waals surface area contributed by atoms with Gasteiger partial charge in [0.2, 0.25) is 0 Å². The Balaban J connectivity index is 2.06. The minimum atomic E-state index is -0.899. The molecule has 112 valence electrons. The molecule has 1 atom stereocenters. The maximum Gasteiger partial charge on any atom is 0.335 e. The zero-order valence-electron chi connectivity index (χ0n) is 12.4. The minimum absolute atomic E-state index is 0.303. The van der Waals surface area contributed by atoms with Crippen molar-refractivity contribution < 1.29 is 9.90 Å². The molecule has 5 heteroatoms. The standard InChI is InChI=1S/C16H20N2O2S/c1-10(2)15-17-13-8-11(16(19)20)5-6-14(13)18(15)9-12-4-3-7-21-12/h5-6,8,10,12H,3-4,7,9H2,1-2H3,(H,19,20). The maximum atomic E-state index is 11.1. The highest BCUT2D eigenvalue weighted by Gasteiger charge is 2.21. The first-order valence-electron chi connectivity index (χ1n) is 7.41. The molecular weight excluding hydrogens is 284 g/mol. The number of fused-ring (bicyclic) bond motifs is 1. The van der Waals surface area contributed by atoms with E-state index in [1.54, 1.807) is 12.1 Å². The second-order valence-electron chi connectivity index (χ2n) is 5.88. The first-order chi connectivity index (χ1) is 10.1. The Bertz CT molecular complexity index is 672. The molecule has 2 heterocycles. The van der Waals surface area contributed by atoms with Gasteiger partial charge in [-0.1, -0.05) is 13.8 Å². The van der Waals surface area contributed by atoms with E-state index in [0.29, 0.717) is 16.7 Å². The van der Waals surface area contributed by atoms with Gasteiger partial charge in [0.1, 0.15) is 5.82 Å². The van der Waals surface area contributed by atoms with Gasteiger partial charge in [-0.15, -0.1) is 0 Å². The number of hydrogen-bond donors (Lipinski definition) is 1.